The number of guanidine groups is 1. The molecule has 0 spiro atoms. The molecule has 1 heterocycles. The lowest BCUT2D eigenvalue weighted by molar-refractivity contribution is -0.130. The highest BCUT2D eigenvalue weighted by atomic mass is 127. The summed E-state index contributed by atoms with van der Waals surface area (Å²) < 4.78 is 0. The van der Waals surface area contributed by atoms with Crippen LogP contribution in [0.15, 0.2) is 4.99 Å². The first-order valence-electron chi connectivity index (χ1n) is 8.91. The van der Waals surface area contributed by atoms with E-state index in [1.54, 1.807) is 6.92 Å². The fourth-order valence-electron chi connectivity index (χ4n) is 2.79. The van der Waals surface area contributed by atoms with E-state index in [1.165, 1.54) is 25.7 Å². The number of unbranched alkanes of at least 4 members (excludes halogenated alkanes) is 1. The van der Waals surface area contributed by atoms with Gasteiger partial charge in [0, 0.05) is 46.2 Å². The van der Waals surface area contributed by atoms with Crippen molar-refractivity contribution in [3.8, 4) is 0 Å². The molecule has 0 radical (unpaired) electrons. The van der Waals surface area contributed by atoms with Crippen LogP contribution >= 0.6 is 24.0 Å². The van der Waals surface area contributed by atoms with Gasteiger partial charge in [0.25, 0.3) is 0 Å². The monoisotopic (exact) mass is 438 g/mol. The molecular formula is C17H35IN4O. The van der Waals surface area contributed by atoms with Gasteiger partial charge >= 0.3 is 0 Å². The van der Waals surface area contributed by atoms with Gasteiger partial charge in [-0.05, 0) is 19.3 Å². The molecule has 1 saturated heterocycles. The topological polar surface area (TPSA) is 47.9 Å². The van der Waals surface area contributed by atoms with Crippen molar-refractivity contribution in [2.45, 2.75) is 53.4 Å². The zero-order valence-corrected chi connectivity index (χ0v) is 17.6. The van der Waals surface area contributed by atoms with Gasteiger partial charge in [-0.25, -0.2) is 0 Å². The molecule has 1 rings (SSSR count). The number of rotatable bonds is 7. The predicted molar refractivity (Wildman–Crippen MR) is 109 cm³/mol. The lowest BCUT2D eigenvalue weighted by Gasteiger charge is -2.36. The molecule has 0 saturated carbocycles. The van der Waals surface area contributed by atoms with Crippen molar-refractivity contribution >= 4 is 35.8 Å². The van der Waals surface area contributed by atoms with E-state index < -0.39 is 0 Å². The van der Waals surface area contributed by atoms with Crippen LogP contribution in [0.25, 0.3) is 0 Å². The van der Waals surface area contributed by atoms with Crippen molar-refractivity contribution in [1.29, 1.82) is 0 Å². The largest absolute Gasteiger partial charge is 0.357 e. The van der Waals surface area contributed by atoms with Crippen molar-refractivity contribution in [2.75, 3.05) is 39.3 Å². The minimum absolute atomic E-state index is 0. The van der Waals surface area contributed by atoms with Crippen LogP contribution in [0.3, 0.4) is 0 Å². The molecule has 1 aliphatic heterocycles. The van der Waals surface area contributed by atoms with Crippen molar-refractivity contribution < 1.29 is 4.79 Å². The van der Waals surface area contributed by atoms with Gasteiger partial charge in [0.15, 0.2) is 5.96 Å². The van der Waals surface area contributed by atoms with Crippen LogP contribution in [0, 0.1) is 5.92 Å². The van der Waals surface area contributed by atoms with Gasteiger partial charge in [-0.2, -0.15) is 0 Å². The number of amides is 1. The second-order valence-electron chi connectivity index (χ2n) is 6.10. The molecule has 0 aromatic rings. The molecule has 1 fully saturated rings. The Morgan fingerprint density at radius 1 is 1.13 bits per heavy atom. The number of hydrogen-bond acceptors (Lipinski definition) is 2. The summed E-state index contributed by atoms with van der Waals surface area (Å²) in [6.07, 6.45) is 5.02. The maximum absolute atomic E-state index is 11.4. The van der Waals surface area contributed by atoms with Crippen LogP contribution in [0.5, 0.6) is 0 Å². The Bertz CT molecular complexity index is 355. The smallest absolute Gasteiger partial charge is 0.219 e. The molecule has 0 aromatic carbocycles. The van der Waals surface area contributed by atoms with Gasteiger partial charge < -0.3 is 15.1 Å². The minimum Gasteiger partial charge on any atom is -0.357 e. The standard InChI is InChI=1S/C17H34N4O.HI/c1-5-8-9-16(6-2)14-19-17(18-7-3)21-12-10-20(11-13-21)15(4)22;/h16H,5-14H2,1-4H3,(H,18,19);1H. The number of halogens is 1. The third kappa shape index (κ3) is 8.22. The number of nitrogens with one attached hydrogen (secondary N) is 1. The molecule has 0 aromatic heterocycles. The lowest BCUT2D eigenvalue weighted by atomic mass is 10.00. The second-order valence-corrected chi connectivity index (χ2v) is 6.10. The Balaban J connectivity index is 0.00000484. The highest BCUT2D eigenvalue weighted by molar-refractivity contribution is 14.0. The van der Waals surface area contributed by atoms with E-state index in [9.17, 15) is 4.79 Å². The Labute approximate surface area is 159 Å². The summed E-state index contributed by atoms with van der Waals surface area (Å²) in [6.45, 7) is 13.4. The first-order valence-corrected chi connectivity index (χ1v) is 8.91. The van der Waals surface area contributed by atoms with Crippen molar-refractivity contribution in [3.63, 3.8) is 0 Å². The van der Waals surface area contributed by atoms with Gasteiger partial charge in [0.1, 0.15) is 0 Å². The highest BCUT2D eigenvalue weighted by Crippen LogP contribution is 2.13. The number of carbonyl (C=O) groups excluding carboxylic acids is 1. The number of nitrogens with zero attached hydrogens (tertiary/aromatic N) is 3. The van der Waals surface area contributed by atoms with Gasteiger partial charge in [0.2, 0.25) is 5.91 Å². The molecule has 6 heteroatoms. The Hall–Kier alpha value is -0.530. The normalized spacial score (nSPS) is 16.8. The van der Waals surface area contributed by atoms with E-state index in [0.29, 0.717) is 5.92 Å². The zero-order valence-electron chi connectivity index (χ0n) is 15.3. The van der Waals surface area contributed by atoms with Crippen LogP contribution in [-0.2, 0) is 4.79 Å². The molecular weight excluding hydrogens is 403 g/mol. The fraction of sp³-hybridized carbons (Fsp3) is 0.882. The van der Waals surface area contributed by atoms with Crippen molar-refractivity contribution in [1.82, 2.24) is 15.1 Å². The summed E-state index contributed by atoms with van der Waals surface area (Å²) in [4.78, 5) is 20.5. The Morgan fingerprint density at radius 3 is 2.22 bits per heavy atom. The summed E-state index contributed by atoms with van der Waals surface area (Å²) in [6, 6.07) is 0. The fourth-order valence-corrected chi connectivity index (χ4v) is 2.79. The number of piperazine rings is 1. The summed E-state index contributed by atoms with van der Waals surface area (Å²) in [5, 5.41) is 3.40. The lowest BCUT2D eigenvalue weighted by Crippen LogP contribution is -2.53. The van der Waals surface area contributed by atoms with Gasteiger partial charge in [0.05, 0.1) is 0 Å². The first kappa shape index (κ1) is 22.5. The van der Waals surface area contributed by atoms with Crippen LogP contribution in [0.2, 0.25) is 0 Å². The molecule has 5 nitrogen and oxygen atoms in total. The van der Waals surface area contributed by atoms with E-state index in [0.717, 1.165) is 45.2 Å². The SMILES string of the molecule is CCCCC(CC)CN=C(NCC)N1CCN(C(C)=O)CC1.I. The van der Waals surface area contributed by atoms with E-state index in [4.69, 9.17) is 4.99 Å². The van der Waals surface area contributed by atoms with E-state index in [1.807, 2.05) is 4.90 Å². The molecule has 0 aliphatic carbocycles. The maximum Gasteiger partial charge on any atom is 0.219 e. The summed E-state index contributed by atoms with van der Waals surface area (Å²) >= 11 is 0. The molecule has 1 unspecified atom stereocenters. The van der Waals surface area contributed by atoms with Crippen LogP contribution < -0.4 is 5.32 Å². The van der Waals surface area contributed by atoms with Crippen LogP contribution in [0.1, 0.15) is 53.4 Å². The maximum atomic E-state index is 11.4. The average molecular weight is 438 g/mol. The number of hydrogen-bond donors (Lipinski definition) is 1. The van der Waals surface area contributed by atoms with Gasteiger partial charge in [-0.3, -0.25) is 9.79 Å². The highest BCUT2D eigenvalue weighted by Gasteiger charge is 2.21. The second kappa shape index (κ2) is 12.8. The third-order valence-electron chi connectivity index (χ3n) is 4.40. The molecule has 1 amide bonds. The van der Waals surface area contributed by atoms with Gasteiger partial charge in [-0.15, -0.1) is 24.0 Å². The average Bonchev–Trinajstić information content (AvgIpc) is 2.54. The summed E-state index contributed by atoms with van der Waals surface area (Å²) in [7, 11) is 0. The minimum atomic E-state index is 0. The van der Waals surface area contributed by atoms with E-state index >= 15 is 0 Å². The molecule has 23 heavy (non-hydrogen) atoms. The van der Waals surface area contributed by atoms with E-state index in [2.05, 4.69) is 31.0 Å². The zero-order chi connectivity index (χ0) is 16.4. The number of carbonyl (C=O) groups is 1. The molecule has 1 N–H and O–H groups in total. The van der Waals surface area contributed by atoms with Crippen molar-refractivity contribution in [2.24, 2.45) is 10.9 Å². The van der Waals surface area contributed by atoms with Crippen LogP contribution in [0.4, 0.5) is 0 Å². The predicted octanol–water partition coefficient (Wildman–Crippen LogP) is 2.95. The quantitative estimate of drug-likeness (QED) is 0.378. The third-order valence-corrected chi connectivity index (χ3v) is 4.40. The molecule has 1 atom stereocenters. The molecule has 1 aliphatic rings. The summed E-state index contributed by atoms with van der Waals surface area (Å²) in [5.41, 5.74) is 0. The Kier molecular flexibility index (Phi) is 12.5. The summed E-state index contributed by atoms with van der Waals surface area (Å²) in [5.74, 6) is 1.87. The first-order chi connectivity index (χ1) is 10.6. The van der Waals surface area contributed by atoms with Gasteiger partial charge in [-0.1, -0.05) is 33.1 Å². The van der Waals surface area contributed by atoms with Crippen molar-refractivity contribution in [3.05, 3.63) is 0 Å². The van der Waals surface area contributed by atoms with Crippen LogP contribution in [-0.4, -0.2) is 60.9 Å². The molecule has 0 bridgehead atoms. The van der Waals surface area contributed by atoms with E-state index in [-0.39, 0.29) is 29.9 Å². The molecule has 136 valence electrons. The number of aliphatic imine (C=N–C) groups is 1. The Morgan fingerprint density at radius 2 is 1.74 bits per heavy atom.